The Morgan fingerprint density at radius 1 is 0.914 bits per heavy atom. The normalized spacial score (nSPS) is 17.0. The fourth-order valence-electron chi connectivity index (χ4n) is 4.58. The molecule has 0 bridgehead atoms. The minimum absolute atomic E-state index is 0.146. The third-order valence-electron chi connectivity index (χ3n) is 6.41. The van der Waals surface area contributed by atoms with Gasteiger partial charge in [0.2, 0.25) is 0 Å². The fraction of sp³-hybridized carbons (Fsp3) is 0.414. The number of carbonyl (C=O) groups is 1. The Morgan fingerprint density at radius 2 is 1.51 bits per heavy atom. The molecule has 1 aliphatic carbocycles. The van der Waals surface area contributed by atoms with E-state index >= 15 is 0 Å². The van der Waals surface area contributed by atoms with Gasteiger partial charge in [0.25, 0.3) is 0 Å². The predicted molar refractivity (Wildman–Crippen MR) is 148 cm³/mol. The predicted octanol–water partition coefficient (Wildman–Crippen LogP) is 7.78. The zero-order chi connectivity index (χ0) is 25.5. The molecule has 186 valence electrons. The molecule has 6 heteroatoms. The van der Waals surface area contributed by atoms with Crippen molar-refractivity contribution in [1.29, 1.82) is 0 Å². The molecule has 35 heavy (non-hydrogen) atoms. The summed E-state index contributed by atoms with van der Waals surface area (Å²) in [7, 11) is 1.70. The van der Waals surface area contributed by atoms with Crippen LogP contribution in [0.3, 0.4) is 0 Å². The van der Waals surface area contributed by atoms with Gasteiger partial charge in [-0.25, -0.2) is 0 Å². The van der Waals surface area contributed by atoms with Gasteiger partial charge in [-0.3, -0.25) is 14.8 Å². The largest absolute Gasteiger partial charge is 0.487 e. The van der Waals surface area contributed by atoms with Gasteiger partial charge in [-0.15, -0.1) is 0 Å². The van der Waals surface area contributed by atoms with Crippen molar-refractivity contribution in [2.45, 2.75) is 48.0 Å². The van der Waals surface area contributed by atoms with Crippen molar-refractivity contribution in [3.8, 4) is 5.06 Å². The standard InChI is InChI=1S/C29H35ClN2O2S/c1-28(2,3)22-17-19(18-23(27(22)33)29(4,5)6)26(24-13-14-25(34-7)35-24)32-16-8-15-31(32)21-11-9-20(30)10-12-21/h9-14,17-18H,8,15-16H2,1-7H3. The lowest BCUT2D eigenvalue weighted by atomic mass is 9.71. The molecule has 2 aliphatic rings. The summed E-state index contributed by atoms with van der Waals surface area (Å²) in [6.07, 6.45) is 5.25. The van der Waals surface area contributed by atoms with E-state index in [0.29, 0.717) is 0 Å². The number of thiophene rings is 1. The van der Waals surface area contributed by atoms with Crippen LogP contribution in [0.1, 0.15) is 52.8 Å². The quantitative estimate of drug-likeness (QED) is 0.420. The van der Waals surface area contributed by atoms with Crippen LogP contribution in [-0.2, 0) is 4.79 Å². The summed E-state index contributed by atoms with van der Waals surface area (Å²) in [6, 6.07) is 12.1. The number of hydrogen-bond acceptors (Lipinski definition) is 5. The minimum atomic E-state index is -0.272. The Labute approximate surface area is 218 Å². The summed E-state index contributed by atoms with van der Waals surface area (Å²) < 4.78 is 5.55. The van der Waals surface area contributed by atoms with Crippen LogP contribution in [0, 0.1) is 10.8 Å². The molecule has 2 heterocycles. The number of Topliss-reactive ketones (excluding diaryl/α,β-unsaturated/α-hetero) is 1. The highest BCUT2D eigenvalue weighted by molar-refractivity contribution is 7.14. The number of methoxy groups -OCH3 is 1. The van der Waals surface area contributed by atoms with E-state index in [4.69, 9.17) is 16.3 Å². The van der Waals surface area contributed by atoms with E-state index in [-0.39, 0.29) is 16.6 Å². The molecule has 1 aromatic heterocycles. The van der Waals surface area contributed by atoms with Crippen molar-refractivity contribution in [3.63, 3.8) is 0 Å². The third kappa shape index (κ3) is 5.22. The van der Waals surface area contributed by atoms with Crippen LogP contribution in [0.2, 0.25) is 5.02 Å². The van der Waals surface area contributed by atoms with E-state index in [9.17, 15) is 4.79 Å². The molecule has 1 aliphatic heterocycles. The average molecular weight is 511 g/mol. The Balaban J connectivity index is 1.97. The number of benzene rings is 1. The lowest BCUT2D eigenvalue weighted by Gasteiger charge is -2.36. The topological polar surface area (TPSA) is 32.8 Å². The number of anilines is 1. The highest BCUT2D eigenvalue weighted by Crippen LogP contribution is 2.44. The number of hydrazine groups is 1. The van der Waals surface area contributed by atoms with Crippen LogP contribution < -0.4 is 9.75 Å². The highest BCUT2D eigenvalue weighted by Gasteiger charge is 2.36. The maximum Gasteiger partial charge on any atom is 0.186 e. The van der Waals surface area contributed by atoms with Gasteiger partial charge in [-0.1, -0.05) is 64.5 Å². The van der Waals surface area contributed by atoms with Crippen LogP contribution in [0.25, 0.3) is 5.70 Å². The Kier molecular flexibility index (Phi) is 6.96. The SMILES string of the molecule is COc1ccc(C(=C2C=C(C(C)(C)C)C(=O)C(C(C)(C)C)=C2)N2CCCN2c2ccc(Cl)cc2)s1. The number of allylic oxidation sites excluding steroid dienone is 5. The molecule has 0 spiro atoms. The first-order valence-electron chi connectivity index (χ1n) is 12.1. The number of hydrogen-bond donors (Lipinski definition) is 0. The average Bonchev–Trinajstić information content (AvgIpc) is 3.44. The molecule has 4 rings (SSSR count). The molecule has 0 saturated carbocycles. The summed E-state index contributed by atoms with van der Waals surface area (Å²) in [5, 5.41) is 6.26. The molecule has 0 unspecified atom stereocenters. The van der Waals surface area contributed by atoms with E-state index < -0.39 is 0 Å². The number of halogens is 1. The van der Waals surface area contributed by atoms with Gasteiger partial charge in [0, 0.05) is 34.8 Å². The van der Waals surface area contributed by atoms with Crippen molar-refractivity contribution in [2.75, 3.05) is 25.2 Å². The third-order valence-corrected chi connectivity index (χ3v) is 7.71. The summed E-state index contributed by atoms with van der Waals surface area (Å²) in [6.45, 7) is 14.5. The van der Waals surface area contributed by atoms with E-state index in [2.05, 4.69) is 81.9 Å². The molecule has 1 fully saturated rings. The first-order valence-corrected chi connectivity index (χ1v) is 13.3. The van der Waals surface area contributed by atoms with Crippen LogP contribution in [-0.4, -0.2) is 31.0 Å². The molecule has 0 radical (unpaired) electrons. The maximum absolute atomic E-state index is 13.6. The van der Waals surface area contributed by atoms with Crippen molar-refractivity contribution >= 4 is 40.1 Å². The van der Waals surface area contributed by atoms with Gasteiger partial charge in [-0.05, 0) is 65.8 Å². The minimum Gasteiger partial charge on any atom is -0.487 e. The van der Waals surface area contributed by atoms with Crippen molar-refractivity contribution < 1.29 is 9.53 Å². The Morgan fingerprint density at radius 3 is 2.03 bits per heavy atom. The van der Waals surface area contributed by atoms with Gasteiger partial charge < -0.3 is 4.74 Å². The number of rotatable bonds is 4. The van der Waals surface area contributed by atoms with Crippen LogP contribution in [0.4, 0.5) is 5.69 Å². The molecular weight excluding hydrogens is 476 g/mol. The molecule has 4 nitrogen and oxygen atoms in total. The summed E-state index contributed by atoms with van der Waals surface area (Å²) in [4.78, 5) is 14.7. The molecule has 0 atom stereocenters. The molecule has 2 aromatic rings. The first kappa shape index (κ1) is 25.6. The smallest absolute Gasteiger partial charge is 0.186 e. The second kappa shape index (κ2) is 9.51. The van der Waals surface area contributed by atoms with E-state index in [1.54, 1.807) is 18.4 Å². The fourth-order valence-corrected chi connectivity index (χ4v) is 5.60. The molecular formula is C29H35ClN2O2S. The molecule has 0 N–H and O–H groups in total. The van der Waals surface area contributed by atoms with Gasteiger partial charge in [0.1, 0.15) is 0 Å². The molecule has 1 aromatic carbocycles. The van der Waals surface area contributed by atoms with Crippen molar-refractivity contribution in [1.82, 2.24) is 5.01 Å². The zero-order valence-corrected chi connectivity index (χ0v) is 23.3. The van der Waals surface area contributed by atoms with Crippen LogP contribution >= 0.6 is 22.9 Å². The second-order valence-electron chi connectivity index (χ2n) is 11.1. The number of nitrogens with zero attached hydrogens (tertiary/aromatic N) is 2. The second-order valence-corrected chi connectivity index (χ2v) is 12.6. The van der Waals surface area contributed by atoms with E-state index in [1.807, 2.05) is 18.2 Å². The number of ether oxygens (including phenoxy) is 1. The van der Waals surface area contributed by atoms with E-state index in [1.165, 1.54) is 0 Å². The van der Waals surface area contributed by atoms with Gasteiger partial charge >= 0.3 is 0 Å². The first-order chi connectivity index (χ1) is 16.4. The summed E-state index contributed by atoms with van der Waals surface area (Å²) in [5.74, 6) is 0.146. The highest BCUT2D eigenvalue weighted by atomic mass is 35.5. The van der Waals surface area contributed by atoms with Crippen molar-refractivity contribution in [3.05, 3.63) is 75.2 Å². The number of ketones is 1. The van der Waals surface area contributed by atoms with Gasteiger partial charge in [0.15, 0.2) is 10.8 Å². The lowest BCUT2D eigenvalue weighted by Crippen LogP contribution is -2.36. The van der Waals surface area contributed by atoms with Gasteiger partial charge in [0.05, 0.1) is 23.4 Å². The monoisotopic (exact) mass is 510 g/mol. The number of carbonyl (C=O) groups excluding carboxylic acids is 1. The summed E-state index contributed by atoms with van der Waals surface area (Å²) in [5.41, 5.74) is 4.40. The maximum atomic E-state index is 13.6. The molecule has 0 amide bonds. The van der Waals surface area contributed by atoms with Gasteiger partial charge in [-0.2, -0.15) is 0 Å². The summed E-state index contributed by atoms with van der Waals surface area (Å²) >= 11 is 7.81. The van der Waals surface area contributed by atoms with Crippen LogP contribution in [0.15, 0.2) is 65.3 Å². The van der Waals surface area contributed by atoms with E-state index in [0.717, 1.165) is 62.6 Å². The molecule has 1 saturated heterocycles. The van der Waals surface area contributed by atoms with Crippen molar-refractivity contribution in [2.24, 2.45) is 10.8 Å². The lowest BCUT2D eigenvalue weighted by molar-refractivity contribution is -0.114. The zero-order valence-electron chi connectivity index (χ0n) is 21.7. The van der Waals surface area contributed by atoms with Crippen LogP contribution in [0.5, 0.6) is 5.06 Å². The Hall–Kier alpha value is -2.50. The Bertz CT molecular complexity index is 1170.